The van der Waals surface area contributed by atoms with Gasteiger partial charge in [0, 0.05) is 151 Å². The second-order valence-electron chi connectivity index (χ2n) is 26.2. The minimum Gasteiger partial charge on any atom is -0.497 e. The molecular weight excluding hydrogens is 1370 g/mol. The molecule has 1 saturated heterocycles. The van der Waals surface area contributed by atoms with Crippen molar-refractivity contribution in [3.63, 3.8) is 0 Å². The van der Waals surface area contributed by atoms with E-state index in [4.69, 9.17) is 33.9 Å². The van der Waals surface area contributed by atoms with Crippen LogP contribution in [0.1, 0.15) is 122 Å². The van der Waals surface area contributed by atoms with Crippen molar-refractivity contribution in [2.45, 2.75) is 124 Å². The van der Waals surface area contributed by atoms with E-state index < -0.39 is 0 Å². The van der Waals surface area contributed by atoms with E-state index in [0.29, 0.717) is 94.6 Å². The summed E-state index contributed by atoms with van der Waals surface area (Å²) in [6.07, 6.45) is 10.8. The SMILES string of the molecule is COCCCCCC(=O)Cc1sc2c(c1-c1nc3cc(C)ccc3s1)CCNC2.COCCNCCC(=O)Nc1sc2c(c1-c1nc3cc(-c4ccc(C(=O)N5CCOCC5)cc4)ccc3s1)CCNC2.COc1ccc2sc(-c3c(CC(=O)CCCC(C)C)sc4c3CCNC4)nc2c1. The Bertz CT molecular complexity index is 4460. The molecule has 100 heavy (non-hydrogen) atoms. The Morgan fingerprint density at radius 3 is 1.71 bits per heavy atom. The van der Waals surface area contributed by atoms with Crippen LogP contribution in [0, 0.1) is 12.8 Å². The summed E-state index contributed by atoms with van der Waals surface area (Å²) in [7, 11) is 5.07. The summed E-state index contributed by atoms with van der Waals surface area (Å²) in [4.78, 5) is 74.3. The number of carbonyl (C=O) groups excluding carboxylic acids is 4. The minimum absolute atomic E-state index is 0.00771. The highest BCUT2D eigenvalue weighted by Crippen LogP contribution is 2.47. The molecule has 6 aromatic heterocycles. The third-order valence-corrected chi connectivity index (χ3v) is 25.2. The number of thiazole rings is 3. The second kappa shape index (κ2) is 35.6. The molecule has 0 aliphatic carbocycles. The van der Waals surface area contributed by atoms with E-state index >= 15 is 0 Å². The van der Waals surface area contributed by atoms with Gasteiger partial charge in [-0.2, -0.15) is 0 Å². The topological polar surface area (TPSA) is 207 Å². The van der Waals surface area contributed by atoms with Crippen LogP contribution in [0.5, 0.6) is 5.75 Å². The molecular formula is C77H91N9O8S6. The van der Waals surface area contributed by atoms with E-state index in [9.17, 15) is 19.2 Å². The van der Waals surface area contributed by atoms with Crippen molar-refractivity contribution < 1.29 is 38.1 Å². The number of hydrogen-bond acceptors (Lipinski definition) is 21. The molecule has 10 heterocycles. The number of nitrogens with one attached hydrogen (secondary N) is 5. The molecule has 2 amide bonds. The van der Waals surface area contributed by atoms with Crippen LogP contribution in [0.3, 0.4) is 0 Å². The van der Waals surface area contributed by atoms with E-state index in [-0.39, 0.29) is 11.8 Å². The lowest BCUT2D eigenvalue weighted by Crippen LogP contribution is -2.40. The van der Waals surface area contributed by atoms with Gasteiger partial charge < -0.3 is 50.4 Å². The number of aryl methyl sites for hydroxylation is 1. The van der Waals surface area contributed by atoms with Crippen molar-refractivity contribution >= 4 is 127 Å². The number of carbonyl (C=O) groups is 4. The monoisotopic (exact) mass is 1460 g/mol. The van der Waals surface area contributed by atoms with Crippen LogP contribution in [0.25, 0.3) is 73.5 Å². The fourth-order valence-corrected chi connectivity index (χ4v) is 20.4. The van der Waals surface area contributed by atoms with Crippen molar-refractivity contribution in [3.8, 4) is 48.6 Å². The number of methoxy groups -OCH3 is 3. The van der Waals surface area contributed by atoms with Gasteiger partial charge in [-0.05, 0) is 153 Å². The zero-order valence-electron chi connectivity index (χ0n) is 58.2. The van der Waals surface area contributed by atoms with Gasteiger partial charge in [0.1, 0.15) is 37.3 Å². The van der Waals surface area contributed by atoms with Gasteiger partial charge in [-0.3, -0.25) is 19.2 Å². The Balaban J connectivity index is 0.000000146. The average Bonchev–Trinajstić information content (AvgIpc) is 1.63. The summed E-state index contributed by atoms with van der Waals surface area (Å²) in [6, 6.07) is 26.6. The fraction of sp³-hybridized carbons (Fsp3) is 0.442. The van der Waals surface area contributed by atoms with Gasteiger partial charge in [-0.1, -0.05) is 51.0 Å². The Kier molecular flexibility index (Phi) is 26.0. The number of thiophene rings is 3. The number of unbranched alkanes of at least 4 members (excludes halogenated alkanes) is 2. The van der Waals surface area contributed by atoms with Crippen molar-refractivity contribution in [2.24, 2.45) is 5.92 Å². The molecule has 4 aliphatic rings. The van der Waals surface area contributed by atoms with Crippen molar-refractivity contribution in [1.82, 2.24) is 41.1 Å². The third-order valence-electron chi connectivity index (χ3n) is 18.4. The largest absolute Gasteiger partial charge is 0.497 e. The molecule has 0 saturated carbocycles. The lowest BCUT2D eigenvalue weighted by molar-refractivity contribution is -0.119. The standard InChI is InChI=1S/C31H35N5O4S2.2C23H28N2O2S2/c1-39-15-12-32-11-9-27(37)35-30-28(23-8-10-33-19-26(23)42-30)29-34-24-18-22(6-7-25(24)41-29)20-2-4-21(5-3-20)31(38)36-13-16-40-17-14-36;1-14(2)5-4-6-15(26)11-20-22(17-9-10-24-13-21(17)28-20)23-25-18-12-16(27-3)7-8-19(18)29-23;1-15-7-8-19-18(12-15)25-23(29-19)22-17-9-10-24-14-21(17)28-20(22)13-16(26)6-4-3-5-11-27-2/h2-7,18,32-33H,8-17,19H2,1H3,(H,35,37);7-8,12,14,24H,4-6,9-11,13H2,1-3H3;7-8,12,24H,3-6,9-11,13-14H2,1-2H3. The van der Waals surface area contributed by atoms with Crippen LogP contribution in [0.15, 0.2) is 78.9 Å². The quantitative estimate of drug-likeness (QED) is 0.0304. The maximum atomic E-state index is 12.8. The first-order chi connectivity index (χ1) is 48.8. The van der Waals surface area contributed by atoms with Crippen molar-refractivity contribution in [3.05, 3.63) is 131 Å². The molecule has 0 atom stereocenters. The lowest BCUT2D eigenvalue weighted by Gasteiger charge is -2.26. The number of ether oxygens (including phenoxy) is 4. The Hall–Kier alpha value is -6.55. The van der Waals surface area contributed by atoms with E-state index in [1.165, 1.54) is 62.5 Å². The van der Waals surface area contributed by atoms with Crippen molar-refractivity contribution in [2.75, 3.05) is 98.9 Å². The van der Waals surface area contributed by atoms with E-state index in [1.54, 1.807) is 78.0 Å². The van der Waals surface area contributed by atoms with Crippen LogP contribution in [-0.2, 0) is 80.3 Å². The average molecular weight is 1460 g/mol. The van der Waals surface area contributed by atoms with Gasteiger partial charge in [-0.15, -0.1) is 68.0 Å². The number of anilines is 1. The molecule has 17 nitrogen and oxygen atoms in total. The van der Waals surface area contributed by atoms with E-state index in [1.807, 2.05) is 52.6 Å². The van der Waals surface area contributed by atoms with E-state index in [2.05, 4.69) is 89.8 Å². The number of ketones is 2. The highest BCUT2D eigenvalue weighted by molar-refractivity contribution is 7.23. The summed E-state index contributed by atoms with van der Waals surface area (Å²) in [6.45, 7) is 17.2. The maximum absolute atomic E-state index is 12.8. The Morgan fingerprint density at radius 1 is 0.570 bits per heavy atom. The van der Waals surface area contributed by atoms with Gasteiger partial charge in [0.15, 0.2) is 0 Å². The smallest absolute Gasteiger partial charge is 0.254 e. The second-order valence-corrected chi connectivity index (χ2v) is 32.8. The Labute approximate surface area is 610 Å². The van der Waals surface area contributed by atoms with Crippen LogP contribution in [0.2, 0.25) is 0 Å². The zero-order valence-corrected chi connectivity index (χ0v) is 63.1. The molecule has 1 fully saturated rings. The number of benzene rings is 4. The number of hydrogen-bond donors (Lipinski definition) is 5. The molecule has 14 rings (SSSR count). The number of morpholine rings is 1. The first-order valence-corrected chi connectivity index (χ1v) is 40.0. The highest BCUT2D eigenvalue weighted by Gasteiger charge is 2.29. The molecule has 0 spiro atoms. The lowest BCUT2D eigenvalue weighted by atomic mass is 9.99. The number of Topliss-reactive ketones (excluding diaryl/α,β-unsaturated/α-hetero) is 2. The van der Waals surface area contributed by atoms with Gasteiger partial charge in [0.05, 0.1) is 57.6 Å². The number of fused-ring (bicyclic) bond motifs is 6. The molecule has 4 aromatic carbocycles. The zero-order chi connectivity index (χ0) is 69.5. The number of nitrogens with zero attached hydrogens (tertiary/aromatic N) is 4. The summed E-state index contributed by atoms with van der Waals surface area (Å²) >= 11 is 10.4. The number of rotatable bonds is 27. The van der Waals surface area contributed by atoms with Crippen molar-refractivity contribution in [1.29, 1.82) is 0 Å². The van der Waals surface area contributed by atoms with Crippen LogP contribution >= 0.6 is 68.0 Å². The van der Waals surface area contributed by atoms with E-state index in [0.717, 1.165) is 172 Å². The molecule has 10 aromatic rings. The minimum atomic E-state index is -0.00771. The molecule has 23 heteroatoms. The van der Waals surface area contributed by atoms with Gasteiger partial charge in [-0.25, -0.2) is 15.0 Å². The Morgan fingerprint density at radius 2 is 1.11 bits per heavy atom. The van der Waals surface area contributed by atoms with Crippen LogP contribution in [0.4, 0.5) is 5.00 Å². The summed E-state index contributed by atoms with van der Waals surface area (Å²) in [5, 5.41) is 20.7. The number of amides is 2. The molecule has 4 aliphatic heterocycles. The molecule has 5 N–H and O–H groups in total. The highest BCUT2D eigenvalue weighted by atomic mass is 32.1. The summed E-state index contributed by atoms with van der Waals surface area (Å²) in [5.74, 6) is 2.20. The molecule has 0 radical (unpaired) electrons. The first kappa shape index (κ1) is 73.2. The van der Waals surface area contributed by atoms with Gasteiger partial charge in [0.25, 0.3) is 5.91 Å². The predicted octanol–water partition coefficient (Wildman–Crippen LogP) is 15.3. The van der Waals surface area contributed by atoms with Gasteiger partial charge >= 0.3 is 0 Å². The summed E-state index contributed by atoms with van der Waals surface area (Å²) < 4.78 is 24.4. The van der Waals surface area contributed by atoms with Crippen LogP contribution < -0.4 is 31.3 Å². The van der Waals surface area contributed by atoms with Crippen LogP contribution in [-0.4, -0.2) is 137 Å². The molecule has 0 bridgehead atoms. The fourth-order valence-electron chi connectivity index (χ4n) is 13.1. The first-order valence-electron chi connectivity index (χ1n) is 35.1. The summed E-state index contributed by atoms with van der Waals surface area (Å²) in [5.41, 5.74) is 14.6. The number of aromatic nitrogens is 3. The normalized spacial score (nSPS) is 14.3. The third kappa shape index (κ3) is 18.4. The predicted molar refractivity (Wildman–Crippen MR) is 413 cm³/mol. The maximum Gasteiger partial charge on any atom is 0.254 e. The molecule has 528 valence electrons. The molecule has 0 unspecified atom stereocenters. The van der Waals surface area contributed by atoms with Gasteiger partial charge in [0.2, 0.25) is 5.91 Å².